The van der Waals surface area contributed by atoms with Gasteiger partial charge in [0.2, 0.25) is 0 Å². The predicted molar refractivity (Wildman–Crippen MR) is 234 cm³/mol. The van der Waals surface area contributed by atoms with E-state index in [2.05, 4.69) is 125 Å². The van der Waals surface area contributed by atoms with Gasteiger partial charge in [-0.2, -0.15) is 0 Å². The van der Waals surface area contributed by atoms with Crippen molar-refractivity contribution in [3.8, 4) is 67.5 Å². The second-order valence-electron chi connectivity index (χ2n) is 16.3. The van der Waals surface area contributed by atoms with Gasteiger partial charge < -0.3 is 5.11 Å². The lowest BCUT2D eigenvalue weighted by molar-refractivity contribution is 0.477. The van der Waals surface area contributed by atoms with E-state index in [0.29, 0.717) is 28.2 Å². The molecule has 0 saturated heterocycles. The number of imidazole rings is 1. The SMILES string of the molecule is [2H]c1c([2H])c(-c2ccnc(-c3cc(-c4cccc5c4nc(-c4ccccc4O)n5-c4ccc(C(C)(C)CC)cc4-c4ccccc4)cc(C(C)(C)C)c3)c2)c([2H])c([2H])c1C. The Balaban J connectivity index is 1.39. The van der Waals surface area contributed by atoms with E-state index >= 15 is 0 Å². The number of aromatic nitrogens is 3. The van der Waals surface area contributed by atoms with Crippen molar-refractivity contribution in [3.63, 3.8) is 0 Å². The zero-order chi connectivity index (χ0) is 42.7. The third-order valence-corrected chi connectivity index (χ3v) is 11.0. The fraction of sp³-hybridized carbons (Fsp3) is 0.192. The summed E-state index contributed by atoms with van der Waals surface area (Å²) >= 11 is 0. The van der Waals surface area contributed by atoms with E-state index < -0.39 is 0 Å². The van der Waals surface area contributed by atoms with Gasteiger partial charge in [0.05, 0.1) is 33.5 Å². The first-order chi connectivity index (χ1) is 28.6. The average Bonchev–Trinajstić information content (AvgIpc) is 3.64. The van der Waals surface area contributed by atoms with Gasteiger partial charge in [-0.3, -0.25) is 9.55 Å². The number of rotatable bonds is 8. The Morgan fingerprint density at radius 2 is 1.34 bits per heavy atom. The Hall–Kier alpha value is -6.26. The lowest BCUT2D eigenvalue weighted by atomic mass is 9.81. The lowest BCUT2D eigenvalue weighted by Gasteiger charge is -2.25. The number of phenolic OH excluding ortho intramolecular Hbond substituents is 1. The van der Waals surface area contributed by atoms with Gasteiger partial charge in [0.15, 0.2) is 0 Å². The minimum absolute atomic E-state index is 0.0425. The molecular weight excluding hydrogens is 683 g/mol. The molecule has 0 radical (unpaired) electrons. The Labute approximate surface area is 336 Å². The van der Waals surface area contributed by atoms with E-state index in [9.17, 15) is 5.11 Å². The van der Waals surface area contributed by atoms with Crippen LogP contribution in [0.2, 0.25) is 0 Å². The van der Waals surface area contributed by atoms with Crippen molar-refractivity contribution in [3.05, 3.63) is 168 Å². The van der Waals surface area contributed by atoms with Crippen LogP contribution in [0.5, 0.6) is 5.75 Å². The number of fused-ring (bicyclic) bond motifs is 1. The summed E-state index contributed by atoms with van der Waals surface area (Å²) in [4.78, 5) is 10.2. The van der Waals surface area contributed by atoms with Crippen LogP contribution in [-0.2, 0) is 10.8 Å². The van der Waals surface area contributed by atoms with Crippen molar-refractivity contribution in [1.29, 1.82) is 0 Å². The van der Waals surface area contributed by atoms with Crippen LogP contribution >= 0.6 is 0 Å². The molecule has 0 aliphatic carbocycles. The van der Waals surface area contributed by atoms with E-state index in [1.54, 1.807) is 25.3 Å². The summed E-state index contributed by atoms with van der Waals surface area (Å²) in [5.41, 5.74) is 11.9. The maximum atomic E-state index is 11.4. The second-order valence-corrected chi connectivity index (χ2v) is 16.3. The van der Waals surface area contributed by atoms with E-state index in [-0.39, 0.29) is 46.3 Å². The number of benzene rings is 6. The van der Waals surface area contributed by atoms with Crippen molar-refractivity contribution in [2.24, 2.45) is 0 Å². The molecule has 0 bridgehead atoms. The molecule has 2 aromatic heterocycles. The summed E-state index contributed by atoms with van der Waals surface area (Å²) in [6.07, 6.45) is 2.65. The molecule has 0 amide bonds. The molecule has 0 aliphatic heterocycles. The fourth-order valence-corrected chi connectivity index (χ4v) is 7.25. The Morgan fingerprint density at radius 3 is 2.07 bits per heavy atom. The molecule has 1 N–H and O–H groups in total. The molecule has 2 heterocycles. The van der Waals surface area contributed by atoms with Crippen LogP contribution in [0.25, 0.3) is 72.7 Å². The van der Waals surface area contributed by atoms with E-state index in [4.69, 9.17) is 15.5 Å². The predicted octanol–water partition coefficient (Wildman–Crippen LogP) is 13.8. The summed E-state index contributed by atoms with van der Waals surface area (Å²) in [7, 11) is 0. The number of para-hydroxylation sites is 2. The van der Waals surface area contributed by atoms with Crippen molar-refractivity contribution < 1.29 is 10.6 Å². The molecule has 0 atom stereocenters. The zero-order valence-electron chi connectivity index (χ0n) is 37.1. The van der Waals surface area contributed by atoms with E-state index in [1.165, 1.54) is 5.56 Å². The molecule has 6 aromatic carbocycles. The Bertz CT molecular complexity index is 2920. The maximum absolute atomic E-state index is 11.4. The smallest absolute Gasteiger partial charge is 0.149 e. The highest BCUT2D eigenvalue weighted by Crippen LogP contribution is 2.42. The molecule has 0 unspecified atom stereocenters. The van der Waals surface area contributed by atoms with Gasteiger partial charge in [0.1, 0.15) is 11.6 Å². The first-order valence-corrected chi connectivity index (χ1v) is 19.3. The standard InChI is InChI=1S/C52H49N3O/c1-8-52(6,7)40-25-26-46(44(33-40)36-15-10-9-11-16-36)55-47-19-14-18-42(49(47)54-50(55)43-17-12-13-20-48(43)56)38-29-39(31-41(30-38)51(3,4)5)45-32-37(27-28-53-45)35-23-21-34(2)22-24-35/h9-33,56H,8H2,1-7H3/i21D,22D,23D,24D. The number of aromatic hydroxyl groups is 1. The monoisotopic (exact) mass is 735 g/mol. The zero-order valence-corrected chi connectivity index (χ0v) is 33.1. The van der Waals surface area contributed by atoms with Crippen molar-refractivity contribution in [2.75, 3.05) is 0 Å². The quantitative estimate of drug-likeness (QED) is 0.169. The topological polar surface area (TPSA) is 50.9 Å². The molecule has 56 heavy (non-hydrogen) atoms. The van der Waals surface area contributed by atoms with Gasteiger partial charge in [-0.15, -0.1) is 0 Å². The molecule has 0 fully saturated rings. The first-order valence-electron chi connectivity index (χ1n) is 21.3. The average molecular weight is 736 g/mol. The Morgan fingerprint density at radius 1 is 0.625 bits per heavy atom. The third-order valence-electron chi connectivity index (χ3n) is 11.0. The van der Waals surface area contributed by atoms with Gasteiger partial charge in [-0.25, -0.2) is 4.98 Å². The van der Waals surface area contributed by atoms with E-state index in [1.807, 2.05) is 30.3 Å². The highest BCUT2D eigenvalue weighted by molar-refractivity contribution is 5.97. The maximum Gasteiger partial charge on any atom is 0.149 e. The Kier molecular flexibility index (Phi) is 8.25. The normalized spacial score (nSPS) is 13.0. The van der Waals surface area contributed by atoms with Crippen LogP contribution in [0.3, 0.4) is 0 Å². The summed E-state index contributed by atoms with van der Waals surface area (Å²) in [5.74, 6) is 0.758. The van der Waals surface area contributed by atoms with Crippen molar-refractivity contribution in [1.82, 2.24) is 14.5 Å². The molecule has 0 aliphatic rings. The minimum Gasteiger partial charge on any atom is -0.507 e. The lowest BCUT2D eigenvalue weighted by Crippen LogP contribution is -2.16. The number of hydrogen-bond acceptors (Lipinski definition) is 3. The van der Waals surface area contributed by atoms with Gasteiger partial charge >= 0.3 is 0 Å². The second kappa shape index (κ2) is 14.4. The summed E-state index contributed by atoms with van der Waals surface area (Å²) in [6, 6.07) is 40.5. The number of hydrogen-bond donors (Lipinski definition) is 1. The molecule has 4 heteroatoms. The highest BCUT2D eigenvalue weighted by Gasteiger charge is 2.25. The fourth-order valence-electron chi connectivity index (χ4n) is 7.25. The van der Waals surface area contributed by atoms with Gasteiger partial charge in [-0.1, -0.05) is 138 Å². The van der Waals surface area contributed by atoms with Crippen LogP contribution in [0, 0.1) is 6.92 Å². The van der Waals surface area contributed by atoms with Crippen LogP contribution in [0.1, 0.15) is 70.1 Å². The van der Waals surface area contributed by atoms with Gasteiger partial charge in [-0.05, 0) is 112 Å². The summed E-state index contributed by atoms with van der Waals surface area (Å²) < 4.78 is 36.7. The van der Waals surface area contributed by atoms with E-state index in [0.717, 1.165) is 56.5 Å². The van der Waals surface area contributed by atoms with Crippen molar-refractivity contribution >= 4 is 11.0 Å². The molecule has 8 aromatic rings. The molecule has 0 saturated carbocycles. The summed E-state index contributed by atoms with van der Waals surface area (Å²) in [5, 5.41) is 11.4. The third kappa shape index (κ3) is 6.92. The van der Waals surface area contributed by atoms with Gasteiger partial charge in [0, 0.05) is 22.9 Å². The summed E-state index contributed by atoms with van der Waals surface area (Å²) in [6.45, 7) is 14.9. The molecule has 4 nitrogen and oxygen atoms in total. The molecule has 278 valence electrons. The minimum atomic E-state index is -0.241. The highest BCUT2D eigenvalue weighted by atomic mass is 16.3. The molecular formula is C52H49N3O. The number of pyridine rings is 1. The number of phenols is 1. The largest absolute Gasteiger partial charge is 0.507 e. The molecule has 0 spiro atoms. The van der Waals surface area contributed by atoms with Crippen molar-refractivity contribution in [2.45, 2.75) is 65.7 Å². The van der Waals surface area contributed by atoms with Crippen LogP contribution in [0.15, 0.2) is 152 Å². The first kappa shape index (κ1) is 32.0. The molecule has 8 rings (SSSR count). The van der Waals surface area contributed by atoms with Gasteiger partial charge in [0.25, 0.3) is 0 Å². The van der Waals surface area contributed by atoms with Crippen LogP contribution in [-0.4, -0.2) is 19.6 Å². The van der Waals surface area contributed by atoms with Crippen LogP contribution < -0.4 is 0 Å². The number of nitrogens with zero attached hydrogens (tertiary/aromatic N) is 3. The van der Waals surface area contributed by atoms with Crippen LogP contribution in [0.4, 0.5) is 0 Å².